The fourth-order valence-corrected chi connectivity index (χ4v) is 21.6. The van der Waals surface area contributed by atoms with Crippen LogP contribution in [0.4, 0.5) is 0 Å². The third kappa shape index (κ3) is 14.5. The van der Waals surface area contributed by atoms with Crippen LogP contribution in [-0.4, -0.2) is 95.5 Å². The molecule has 1 aromatic heterocycles. The number of H-pyrrole nitrogens is 1. The Labute approximate surface area is 545 Å². The summed E-state index contributed by atoms with van der Waals surface area (Å²) < 4.78 is 6.27. The van der Waals surface area contributed by atoms with E-state index in [9.17, 15) is 40.2 Å². The molecule has 1 spiro atoms. The maximum atomic E-state index is 14.5. The molecule has 474 valence electrons. The Morgan fingerprint density at radius 3 is 2.37 bits per heavy atom. The van der Waals surface area contributed by atoms with Crippen LogP contribution in [0, 0.1) is 46.8 Å². The molecule has 6 aromatic rings. The van der Waals surface area contributed by atoms with E-state index in [1.165, 1.54) is 22.3 Å². The van der Waals surface area contributed by atoms with Crippen LogP contribution in [-0.2, 0) is 49.1 Å². The molecule has 12 nitrogen and oxygen atoms in total. The van der Waals surface area contributed by atoms with Gasteiger partial charge in [-0.05, 0) is 192 Å². The predicted molar refractivity (Wildman–Crippen MR) is 364 cm³/mol. The van der Waals surface area contributed by atoms with Crippen molar-refractivity contribution in [2.75, 3.05) is 37.1 Å². The molecule has 11 N–H and O–H groups in total. The van der Waals surface area contributed by atoms with E-state index in [0.717, 1.165) is 71.4 Å². The van der Waals surface area contributed by atoms with Gasteiger partial charge in [0.15, 0.2) is 23.1 Å². The standard InChI is InChI=1S/C74H85N3O9S4/c75-71(76)61-33-50-8-4-10-66-58(23-28-77-66)69(83)36-62-59(50)35-53(61)40-87-88-41-54-38-72(27-22-55(80)17-13-48-16-20-68(82)70(32-48)86-29-24-49-15-19-67(81)63(62)31-49)26-21-51-37-73(84,44-79)25-5-9-57-60(51)34-52-30-47(12-11-46-6-2-1-3-7-46)14-18-56(52)64(39-78)65(57)42-89-90-45-74(54,85)43-72/h1-3,6-7,14-16,18-20,22-23,27-28,30-33,35,51,54,57,60,62,64-65,71,77-79,81-82,84-85H,5,9-13,17,21,24-26,29,34,36-45,75-76H2/b27-22+/t51-,54+,57-,60+,62-,64+,65-,72+,73+,74-/m1/s1. The Kier molecular flexibility index (Phi) is 20.4. The predicted octanol–water partition coefficient (Wildman–Crippen LogP) is 12.4. The van der Waals surface area contributed by atoms with E-state index in [-0.39, 0.29) is 91.2 Å². The van der Waals surface area contributed by atoms with Crippen molar-refractivity contribution in [3.63, 3.8) is 0 Å². The van der Waals surface area contributed by atoms with Gasteiger partial charge in [0.25, 0.3) is 0 Å². The Hall–Kier alpha value is -5.42. The van der Waals surface area contributed by atoms with Crippen molar-refractivity contribution in [3.05, 3.63) is 194 Å². The molecule has 5 aromatic carbocycles. The van der Waals surface area contributed by atoms with Gasteiger partial charge in [-0.1, -0.05) is 140 Å². The lowest BCUT2D eigenvalue weighted by molar-refractivity contribution is -0.114. The number of carbonyl (C=O) groups excluding carboxylic acids is 2. The lowest BCUT2D eigenvalue weighted by Crippen LogP contribution is -2.43. The maximum absolute atomic E-state index is 14.5. The molecule has 6 aliphatic rings. The average Bonchev–Trinajstić information content (AvgIpc) is 1.53. The number of benzene rings is 5. The van der Waals surface area contributed by atoms with Crippen LogP contribution in [0.3, 0.4) is 0 Å². The Bertz CT molecular complexity index is 3660. The lowest BCUT2D eigenvalue weighted by Gasteiger charge is -2.44. The monoisotopic (exact) mass is 1290 g/mol. The minimum absolute atomic E-state index is 0.00943. The third-order valence-electron chi connectivity index (χ3n) is 20.9. The number of hydrogen-bond donors (Lipinski definition) is 9. The van der Waals surface area contributed by atoms with Gasteiger partial charge in [-0.3, -0.25) is 9.59 Å². The summed E-state index contributed by atoms with van der Waals surface area (Å²) in [6.45, 7) is -0.110. The quantitative estimate of drug-likeness (QED) is 0.0429. The van der Waals surface area contributed by atoms with Crippen LogP contribution in [0.2, 0.25) is 0 Å². The minimum atomic E-state index is -1.26. The number of nitrogens with one attached hydrogen (secondary N) is 1. The van der Waals surface area contributed by atoms with Gasteiger partial charge in [-0.25, -0.2) is 0 Å². The van der Waals surface area contributed by atoms with Gasteiger partial charge in [-0.2, -0.15) is 0 Å². The highest BCUT2D eigenvalue weighted by molar-refractivity contribution is 8.77. The van der Waals surface area contributed by atoms with Crippen LogP contribution in [0.5, 0.6) is 17.2 Å². The molecule has 10 atom stereocenters. The van der Waals surface area contributed by atoms with E-state index in [0.29, 0.717) is 97.5 Å². The number of aliphatic hydroxyl groups is 4. The summed E-state index contributed by atoms with van der Waals surface area (Å²) >= 11 is 0. The zero-order valence-corrected chi connectivity index (χ0v) is 54.4. The van der Waals surface area contributed by atoms with Crippen LogP contribution < -0.4 is 16.2 Å². The molecule has 4 aliphatic carbocycles. The normalized spacial score (nSPS) is 28.8. The first-order valence-electron chi connectivity index (χ1n) is 32.2. The first-order valence-corrected chi connectivity index (χ1v) is 37.2. The van der Waals surface area contributed by atoms with Crippen LogP contribution >= 0.6 is 43.2 Å². The summed E-state index contributed by atoms with van der Waals surface area (Å²) in [7, 11) is 6.88. The number of aromatic hydroxyl groups is 2. The number of allylic oxidation sites excluding steroid dienone is 2. The lowest BCUT2D eigenvalue weighted by atomic mass is 9.63. The Morgan fingerprint density at radius 2 is 1.54 bits per heavy atom. The molecule has 0 radical (unpaired) electrons. The number of nitrogens with two attached hydrogens (primary N) is 2. The third-order valence-corrected chi connectivity index (χ3v) is 25.9. The molecular weight excluding hydrogens is 1200 g/mol. The summed E-state index contributed by atoms with van der Waals surface area (Å²) in [5.41, 5.74) is 21.9. The molecule has 13 bridgehead atoms. The highest BCUT2D eigenvalue weighted by atomic mass is 33.1. The number of fused-ring (bicyclic) bond motifs is 11. The second kappa shape index (κ2) is 28.4. The number of phenols is 2. The molecular formula is C74H85N3O9S4. The summed E-state index contributed by atoms with van der Waals surface area (Å²) in [5.74, 6) is 8.89. The first kappa shape index (κ1) is 64.7. The zero-order valence-electron chi connectivity index (χ0n) is 51.1. The SMILES string of the molecule is NC(N)c1cc2c3cc1CSSC[C@@H]1C[C@@]4(/C=C/C(=O)CCc5ccc(O)c(c5)OCCc5ccc(O)c(c5)[C@@H]3CC(=O)c3cc[nH]c3CC#C2)CC[C@@H]2C[C@](O)(CO)CCC[C@H]3[C@@H](CSSC[C@]1(O)C4)[C@@H](CO)c1ccc(CCc4ccccc4)cc1C[C@@H]23. The number of carbonyl (C=O) groups is 2. The van der Waals surface area contributed by atoms with Gasteiger partial charge in [0.1, 0.15) is 5.75 Å². The second-order valence-electron chi connectivity index (χ2n) is 26.7. The Morgan fingerprint density at radius 1 is 0.733 bits per heavy atom. The van der Waals surface area contributed by atoms with E-state index >= 15 is 0 Å². The van der Waals surface area contributed by atoms with Crippen molar-refractivity contribution in [1.82, 2.24) is 4.98 Å². The molecule has 3 heterocycles. The number of hydrogen-bond acceptors (Lipinski definition) is 15. The van der Waals surface area contributed by atoms with Gasteiger partial charge >= 0.3 is 0 Å². The van der Waals surface area contributed by atoms with Crippen molar-refractivity contribution < 1.29 is 45.0 Å². The summed E-state index contributed by atoms with van der Waals surface area (Å²) in [5, 5.41) is 71.4. The van der Waals surface area contributed by atoms with E-state index in [1.54, 1.807) is 79.7 Å². The van der Waals surface area contributed by atoms with Gasteiger partial charge in [-0.15, -0.1) is 0 Å². The fraction of sp³-hybridized carbons (Fsp3) is 0.459. The van der Waals surface area contributed by atoms with Crippen molar-refractivity contribution in [1.29, 1.82) is 0 Å². The number of aromatic nitrogens is 1. The minimum Gasteiger partial charge on any atom is -0.508 e. The average molecular weight is 1290 g/mol. The van der Waals surface area contributed by atoms with Gasteiger partial charge in [0.2, 0.25) is 0 Å². The number of aryl methyl sites for hydroxylation is 3. The molecule has 16 heteroatoms. The second-order valence-corrected chi connectivity index (χ2v) is 31.7. The van der Waals surface area contributed by atoms with Crippen LogP contribution in [0.25, 0.3) is 0 Å². The molecule has 2 aliphatic heterocycles. The largest absolute Gasteiger partial charge is 0.508 e. The summed E-state index contributed by atoms with van der Waals surface area (Å²) in [4.78, 5) is 32.1. The van der Waals surface area contributed by atoms with Crippen molar-refractivity contribution in [3.8, 4) is 29.1 Å². The zero-order chi connectivity index (χ0) is 62.6. The van der Waals surface area contributed by atoms with Gasteiger partial charge in [0, 0.05) is 82.7 Å². The van der Waals surface area contributed by atoms with E-state index in [2.05, 4.69) is 77.5 Å². The Balaban J connectivity index is 0.908. The number of Topliss-reactive ketones (excluding diaryl/α,β-unsaturated/α-hetero) is 1. The molecule has 0 amide bonds. The van der Waals surface area contributed by atoms with E-state index < -0.39 is 28.7 Å². The highest BCUT2D eigenvalue weighted by Crippen LogP contribution is 2.59. The smallest absolute Gasteiger partial charge is 0.165 e. The maximum Gasteiger partial charge on any atom is 0.165 e. The number of ether oxygens (including phenoxy) is 1. The number of ketones is 2. The van der Waals surface area contributed by atoms with Gasteiger partial charge in [0.05, 0.1) is 43.6 Å². The van der Waals surface area contributed by atoms with Gasteiger partial charge < -0.3 is 51.8 Å². The fourth-order valence-electron chi connectivity index (χ4n) is 16.1. The molecule has 12 rings (SSSR count). The van der Waals surface area contributed by atoms with Crippen LogP contribution in [0.15, 0.2) is 121 Å². The topological polar surface area (TPSA) is 233 Å². The highest BCUT2D eigenvalue weighted by Gasteiger charge is 2.54. The molecule has 1 saturated heterocycles. The molecule has 0 unspecified atom stereocenters. The first-order chi connectivity index (χ1) is 43.6. The van der Waals surface area contributed by atoms with E-state index in [4.69, 9.17) is 16.2 Å². The number of aromatic amines is 1. The number of phenolic OH excluding ortho intramolecular Hbond substituents is 2. The van der Waals surface area contributed by atoms with Crippen molar-refractivity contribution in [2.24, 2.45) is 46.5 Å². The molecule has 90 heavy (non-hydrogen) atoms. The summed E-state index contributed by atoms with van der Waals surface area (Å²) in [6, 6.07) is 34.0. The molecule has 3 fully saturated rings. The van der Waals surface area contributed by atoms with E-state index in [1.807, 2.05) is 24.3 Å². The van der Waals surface area contributed by atoms with Crippen LogP contribution in [0.1, 0.15) is 159 Å². The molecule has 2 saturated carbocycles. The van der Waals surface area contributed by atoms with Crippen molar-refractivity contribution >= 4 is 54.7 Å². The number of aliphatic hydroxyl groups excluding tert-OH is 2. The number of rotatable bonds is 6. The summed E-state index contributed by atoms with van der Waals surface area (Å²) in [6.07, 6.45) is 13.9. The van der Waals surface area contributed by atoms with Crippen molar-refractivity contribution in [2.45, 2.75) is 138 Å².